The summed E-state index contributed by atoms with van der Waals surface area (Å²) in [6.45, 7) is 17.7. The van der Waals surface area contributed by atoms with Crippen molar-refractivity contribution in [3.8, 4) is 67.3 Å². The SMILES string of the molecule is COC(=O)N[C@H](C(=O)N1CCC[C@H]1c1ncc(-c2ccc(-c3ccc4cc(-c5cnc([C@@H]6CCCN6C(=O)C(c6ccccc6)C6CCCC6)[nH]5)ccc4c3)cc2)[nH]1)C(C)C.COC(=O)N[C@H](C(=O)N1CCC[C@H]1c1ncc(-c2ccc(-c3ccc4cc(-c5cnc([C@@H]6CCCN6C(=O)OC(C)(C)C)[nH]5)ccc4c3)cc2)[nH]1)C(C)C.O=C(O)C(c1ccccc1)N1CCCC1. The first-order valence-corrected chi connectivity index (χ1v) is 46.1. The van der Waals surface area contributed by atoms with Gasteiger partial charge in [0.2, 0.25) is 17.7 Å². The van der Waals surface area contributed by atoms with Crippen LogP contribution >= 0.6 is 0 Å². The van der Waals surface area contributed by atoms with Crippen LogP contribution in [0.5, 0.6) is 0 Å². The summed E-state index contributed by atoms with van der Waals surface area (Å²) in [6, 6.07) is 60.2. The predicted octanol–water partition coefficient (Wildman–Crippen LogP) is 20.3. The van der Waals surface area contributed by atoms with Crippen LogP contribution in [0, 0.1) is 17.8 Å². The molecule has 26 nitrogen and oxygen atoms in total. The molecule has 6 amide bonds. The number of fused-ring (bicyclic) bond motifs is 2. The minimum atomic E-state index is -0.747. The van der Waals surface area contributed by atoms with Crippen molar-refractivity contribution in [2.45, 2.75) is 192 Å². The number of imidazole rings is 4. The number of hydrogen-bond acceptors (Lipinski definition) is 15. The lowest BCUT2D eigenvalue weighted by Crippen LogP contribution is -2.51. The highest BCUT2D eigenvalue weighted by molar-refractivity contribution is 5.93. The number of aromatic nitrogens is 8. The van der Waals surface area contributed by atoms with Crippen LogP contribution in [-0.2, 0) is 33.4 Å². The zero-order chi connectivity index (χ0) is 90.9. The van der Waals surface area contributed by atoms with Gasteiger partial charge in [-0.15, -0.1) is 0 Å². The van der Waals surface area contributed by atoms with E-state index >= 15 is 0 Å². The van der Waals surface area contributed by atoms with Gasteiger partial charge in [-0.25, -0.2) is 34.3 Å². The van der Waals surface area contributed by atoms with Crippen molar-refractivity contribution in [1.29, 1.82) is 0 Å². The molecule has 6 fully saturated rings. The van der Waals surface area contributed by atoms with Gasteiger partial charge in [-0.3, -0.25) is 29.0 Å². The molecule has 0 bridgehead atoms. The molecule has 0 radical (unpaired) electrons. The number of carboxylic acid groups (broad SMARTS) is 1. The lowest BCUT2D eigenvalue weighted by molar-refractivity contribution is -0.143. The van der Waals surface area contributed by atoms with Crippen LogP contribution in [0.4, 0.5) is 14.4 Å². The molecule has 4 aromatic heterocycles. The molecule has 9 heterocycles. The van der Waals surface area contributed by atoms with Crippen LogP contribution in [0.2, 0.25) is 0 Å². The van der Waals surface area contributed by atoms with Gasteiger partial charge < -0.3 is 64.6 Å². The van der Waals surface area contributed by atoms with E-state index in [1.54, 1.807) is 4.90 Å². The van der Waals surface area contributed by atoms with E-state index in [0.717, 1.165) is 220 Å². The maximum atomic E-state index is 14.3. The van der Waals surface area contributed by atoms with Crippen LogP contribution in [0.1, 0.15) is 209 Å². The van der Waals surface area contributed by atoms with Crippen molar-refractivity contribution in [2.24, 2.45) is 17.8 Å². The largest absolute Gasteiger partial charge is 0.480 e. The van der Waals surface area contributed by atoms with Gasteiger partial charge in [0.1, 0.15) is 47.0 Å². The zero-order valence-electron chi connectivity index (χ0n) is 75.7. The summed E-state index contributed by atoms with van der Waals surface area (Å²) in [5, 5.41) is 19.2. The number of H-pyrrole nitrogens is 4. The number of rotatable bonds is 22. The van der Waals surface area contributed by atoms with Crippen molar-refractivity contribution in [3.05, 3.63) is 241 Å². The smallest absolute Gasteiger partial charge is 0.410 e. The zero-order valence-corrected chi connectivity index (χ0v) is 75.7. The second-order valence-electron chi connectivity index (χ2n) is 36.9. The summed E-state index contributed by atoms with van der Waals surface area (Å²) in [5.41, 5.74) is 13.6. The van der Waals surface area contributed by atoms with Crippen molar-refractivity contribution < 1.29 is 52.9 Å². The summed E-state index contributed by atoms with van der Waals surface area (Å²) in [7, 11) is 2.60. The number of amides is 6. The van der Waals surface area contributed by atoms with Crippen LogP contribution in [-0.4, -0.2) is 183 Å². The number of aromatic amines is 4. The fourth-order valence-electron chi connectivity index (χ4n) is 19.7. The average Bonchev–Trinajstić information content (AvgIpc) is 1.75. The van der Waals surface area contributed by atoms with Crippen LogP contribution in [0.25, 0.3) is 88.8 Å². The molecule has 0 spiro atoms. The molecular weight excluding hydrogens is 1640 g/mol. The maximum absolute atomic E-state index is 14.3. The standard InChI is InChI=1S/C50H55N7O4.C42H49N7O5.C12H15NO2/c1-31(2)45(55-50(60)61-3)49(59)57-26-10-16-43(57)47-51-29-40(53-47)33-19-17-32(18-20-33)36-21-22-38-28-39(24-23-37(38)27-36)41-30-52-46(54-41)42-15-9-25-56(42)48(58)44(35-13-7-8-14-35)34-11-5-4-6-12-34;1-25(2)36(47-40(51)53-6)39(50)48-19-7-9-34(48)37-43-23-32(45-37)27-13-11-26(12-14-27)28-15-16-30-22-31(18-17-29(30)21-28)33-24-44-38(46-33)35-10-8-20-49(35)41(52)54-42(3,4)5;14-12(15)11(13-8-4-5-9-13)10-6-2-1-3-7-10/h4-6,11-12,17-24,27-31,35,42-45H,7-10,13-16,25-26H2,1-3H3,(H,51,53)(H,52,54)(H,55,60);11-18,21-25,34-36H,7-10,19-20H2,1-6H3,(H,43,45)(H,44,46)(H,47,51);1-3,6-7,11H,4-5,8-9H2,(H,14,15)/t42-,43-,44?,45-;34-,35-,36-;/m00./s1. The van der Waals surface area contributed by atoms with E-state index in [2.05, 4.69) is 191 Å². The van der Waals surface area contributed by atoms with E-state index in [1.807, 2.05) is 124 Å². The van der Waals surface area contributed by atoms with Gasteiger partial charge in [0, 0.05) is 37.3 Å². The van der Waals surface area contributed by atoms with Gasteiger partial charge in [-0.2, -0.15) is 0 Å². The summed E-state index contributed by atoms with van der Waals surface area (Å²) >= 11 is 0. The monoisotopic (exact) mass is 1750 g/mol. The lowest BCUT2D eigenvalue weighted by atomic mass is 9.83. The third kappa shape index (κ3) is 20.4. The Bertz CT molecular complexity index is 5970. The number of nitrogens with zero attached hydrogens (tertiary/aromatic N) is 9. The second kappa shape index (κ2) is 40.2. The number of hydrogen-bond donors (Lipinski definition) is 7. The molecular formula is C104H119N15O11. The van der Waals surface area contributed by atoms with Gasteiger partial charge in [-0.1, -0.05) is 198 Å². The van der Waals surface area contributed by atoms with Crippen LogP contribution in [0.15, 0.2) is 207 Å². The molecule has 12 aromatic rings. The van der Waals surface area contributed by atoms with Crippen LogP contribution < -0.4 is 10.6 Å². The summed E-state index contributed by atoms with van der Waals surface area (Å²) in [6.07, 6.45) is 19.7. The van der Waals surface area contributed by atoms with Gasteiger partial charge in [-0.05, 0) is 219 Å². The Morgan fingerprint density at radius 3 is 1.08 bits per heavy atom. The van der Waals surface area contributed by atoms with Crippen LogP contribution in [0.3, 0.4) is 0 Å². The fourth-order valence-corrected chi connectivity index (χ4v) is 19.7. The second-order valence-corrected chi connectivity index (χ2v) is 36.9. The fraction of sp³-hybridized carbons (Fsp3) is 0.394. The Hall–Kier alpha value is -13.2. The minimum Gasteiger partial charge on any atom is -0.480 e. The van der Waals surface area contributed by atoms with E-state index in [-0.39, 0.29) is 65.7 Å². The van der Waals surface area contributed by atoms with Crippen molar-refractivity contribution >= 4 is 63.5 Å². The number of alkyl carbamates (subject to hydrolysis) is 2. The topological polar surface area (TPSA) is 322 Å². The highest BCUT2D eigenvalue weighted by Crippen LogP contribution is 2.44. The number of aliphatic carboxylic acids is 1. The first kappa shape index (κ1) is 90.1. The van der Waals surface area contributed by atoms with Gasteiger partial charge in [0.25, 0.3) is 0 Å². The van der Waals surface area contributed by atoms with E-state index in [4.69, 9.17) is 24.2 Å². The average molecular weight is 1760 g/mol. The molecule has 8 atom stereocenters. The number of nitrogens with one attached hydrogen (secondary N) is 6. The summed E-state index contributed by atoms with van der Waals surface area (Å²) in [5.74, 6) is 2.48. The number of benzene rings is 8. The van der Waals surface area contributed by atoms with Crippen molar-refractivity contribution in [3.63, 3.8) is 0 Å². The number of methoxy groups -OCH3 is 2. The Morgan fingerprint density at radius 1 is 0.385 bits per heavy atom. The molecule has 5 saturated heterocycles. The quantitative estimate of drug-likeness (QED) is 0.0310. The molecule has 8 aromatic carbocycles. The van der Waals surface area contributed by atoms with Gasteiger partial charge in [0.15, 0.2) is 0 Å². The Morgan fingerprint density at radius 2 is 0.715 bits per heavy atom. The van der Waals surface area contributed by atoms with Gasteiger partial charge in [0.05, 0.1) is 91.9 Å². The normalized spacial score (nSPS) is 18.6. The van der Waals surface area contributed by atoms with E-state index in [9.17, 15) is 38.7 Å². The molecule has 26 heteroatoms. The predicted molar refractivity (Wildman–Crippen MR) is 502 cm³/mol. The molecule has 676 valence electrons. The minimum absolute atomic E-state index is 0.0484. The molecule has 6 aliphatic rings. The lowest BCUT2D eigenvalue weighted by Gasteiger charge is -2.31. The molecule has 1 aliphatic carbocycles. The van der Waals surface area contributed by atoms with Crippen molar-refractivity contribution in [1.82, 2.24) is 75.0 Å². The number of carboxylic acids is 1. The first-order valence-electron chi connectivity index (χ1n) is 46.1. The maximum Gasteiger partial charge on any atom is 0.410 e. The number of carbonyl (C=O) groups is 7. The summed E-state index contributed by atoms with van der Waals surface area (Å²) < 4.78 is 15.2. The van der Waals surface area contributed by atoms with E-state index < -0.39 is 41.9 Å². The van der Waals surface area contributed by atoms with E-state index in [1.165, 1.54) is 27.1 Å². The number of ether oxygens (including phenoxy) is 3. The molecule has 7 N–H and O–H groups in total. The molecule has 1 saturated carbocycles. The molecule has 18 rings (SSSR count). The Labute approximate surface area is 759 Å². The third-order valence-electron chi connectivity index (χ3n) is 26.4. The molecule has 5 aliphatic heterocycles. The number of carbonyl (C=O) groups excluding carboxylic acids is 6. The molecule has 2 unspecified atom stereocenters. The van der Waals surface area contributed by atoms with Crippen molar-refractivity contribution in [2.75, 3.05) is 53.5 Å². The third-order valence-corrected chi connectivity index (χ3v) is 26.4. The highest BCUT2D eigenvalue weighted by Gasteiger charge is 2.43. The first-order chi connectivity index (χ1) is 62.9. The van der Waals surface area contributed by atoms with E-state index in [0.29, 0.717) is 25.6 Å². The Kier molecular flexibility index (Phi) is 27.9. The highest BCUT2D eigenvalue weighted by atomic mass is 16.6. The number of likely N-dealkylation sites (tertiary alicyclic amines) is 5. The molecule has 130 heavy (non-hydrogen) atoms. The van der Waals surface area contributed by atoms with Gasteiger partial charge >= 0.3 is 24.2 Å². The summed E-state index contributed by atoms with van der Waals surface area (Å²) in [4.78, 5) is 132. The Balaban J connectivity index is 0.000000164.